The molecule has 2 aliphatic carbocycles. The summed E-state index contributed by atoms with van der Waals surface area (Å²) in [7, 11) is 0. The summed E-state index contributed by atoms with van der Waals surface area (Å²) < 4.78 is 28.7. The maximum atomic E-state index is 12.2. The number of nitrogens with zero attached hydrogens (tertiary/aromatic N) is 1. The highest BCUT2D eigenvalue weighted by atomic mass is 19.3. The summed E-state index contributed by atoms with van der Waals surface area (Å²) in [6.45, 7) is -1.13. The van der Waals surface area contributed by atoms with Crippen molar-refractivity contribution in [2.45, 2.75) is 57.7 Å². The van der Waals surface area contributed by atoms with Crippen molar-refractivity contribution in [3.05, 3.63) is 23.9 Å². The molecule has 2 aliphatic rings. The smallest absolute Gasteiger partial charge is 0.388 e. The Kier molecular flexibility index (Phi) is 4.37. The molecule has 1 aromatic rings. The van der Waals surface area contributed by atoms with Crippen LogP contribution >= 0.6 is 0 Å². The highest BCUT2D eigenvalue weighted by molar-refractivity contribution is 5.75. The van der Waals surface area contributed by atoms with Crippen LogP contribution in [0.4, 0.5) is 13.6 Å². The molecular formula is C16H21F2N3O2. The lowest BCUT2D eigenvalue weighted by atomic mass is 9.54. The maximum absolute atomic E-state index is 12.2. The van der Waals surface area contributed by atoms with Crippen LogP contribution in [0.2, 0.25) is 0 Å². The van der Waals surface area contributed by atoms with Gasteiger partial charge in [0.25, 0.3) is 0 Å². The molecule has 0 bridgehead atoms. The molecule has 0 aliphatic heterocycles. The average Bonchev–Trinajstić information content (AvgIpc) is 2.39. The number of ether oxygens (including phenoxy) is 1. The Labute approximate surface area is 133 Å². The van der Waals surface area contributed by atoms with Crippen molar-refractivity contribution >= 4 is 6.03 Å². The molecular weight excluding hydrogens is 304 g/mol. The molecule has 1 heterocycles. The number of urea groups is 1. The Balaban J connectivity index is 1.48. The molecule has 2 N–H and O–H groups in total. The third-order valence-electron chi connectivity index (χ3n) is 4.92. The fourth-order valence-electron chi connectivity index (χ4n) is 3.53. The van der Waals surface area contributed by atoms with Gasteiger partial charge in [0.15, 0.2) is 0 Å². The summed E-state index contributed by atoms with van der Waals surface area (Å²) >= 11 is 0. The van der Waals surface area contributed by atoms with Crippen molar-refractivity contribution in [1.82, 2.24) is 15.6 Å². The van der Waals surface area contributed by atoms with Crippen LogP contribution in [0.1, 0.15) is 50.6 Å². The van der Waals surface area contributed by atoms with Gasteiger partial charge in [0.1, 0.15) is 0 Å². The fourth-order valence-corrected chi connectivity index (χ4v) is 3.53. The lowest BCUT2D eigenvalue weighted by Gasteiger charge is -2.54. The van der Waals surface area contributed by atoms with Crippen LogP contribution in [0, 0.1) is 5.41 Å². The van der Waals surface area contributed by atoms with E-state index in [-0.39, 0.29) is 24.0 Å². The zero-order valence-electron chi connectivity index (χ0n) is 13.0. The lowest BCUT2D eigenvalue weighted by molar-refractivity contribution is -0.0529. The standard InChI is InChI=1S/C16H21F2N3O2/c1-10(11-3-6-19-13(7-11)23-14(17)18)20-15(22)21-12-8-16(9-12)4-2-5-16/h3,6-7,10,12,14H,2,4-5,8-9H2,1H3,(H2,20,21,22)/t10-/m0/s1. The number of alkyl halides is 2. The zero-order valence-corrected chi connectivity index (χ0v) is 13.0. The van der Waals surface area contributed by atoms with Gasteiger partial charge in [0.2, 0.25) is 5.88 Å². The molecule has 0 aromatic carbocycles. The average molecular weight is 325 g/mol. The first kappa shape index (κ1) is 16.0. The highest BCUT2D eigenvalue weighted by Crippen LogP contribution is 2.55. The number of pyridine rings is 1. The number of nitrogens with one attached hydrogen (secondary N) is 2. The molecule has 0 saturated heterocycles. The van der Waals surface area contributed by atoms with E-state index in [1.165, 1.54) is 31.5 Å². The number of hydrogen-bond acceptors (Lipinski definition) is 3. The number of halogens is 2. The molecule has 23 heavy (non-hydrogen) atoms. The van der Waals surface area contributed by atoms with Crippen LogP contribution in [0.15, 0.2) is 18.3 Å². The largest absolute Gasteiger partial charge is 0.417 e. The van der Waals surface area contributed by atoms with Crippen LogP contribution in [-0.2, 0) is 0 Å². The molecule has 1 aromatic heterocycles. The molecule has 5 nitrogen and oxygen atoms in total. The Bertz CT molecular complexity index is 570. The molecule has 2 fully saturated rings. The Morgan fingerprint density at radius 3 is 2.78 bits per heavy atom. The van der Waals surface area contributed by atoms with Gasteiger partial charge in [-0.3, -0.25) is 0 Å². The first-order chi connectivity index (χ1) is 11.0. The van der Waals surface area contributed by atoms with Crippen molar-refractivity contribution in [1.29, 1.82) is 0 Å². The van der Waals surface area contributed by atoms with Crippen LogP contribution in [-0.4, -0.2) is 23.7 Å². The predicted octanol–water partition coefficient (Wildman–Crippen LogP) is 3.38. The third kappa shape index (κ3) is 3.71. The second kappa shape index (κ2) is 6.29. The van der Waals surface area contributed by atoms with Crippen molar-refractivity contribution in [2.75, 3.05) is 0 Å². The van der Waals surface area contributed by atoms with Gasteiger partial charge in [-0.05, 0) is 49.7 Å². The minimum Gasteiger partial charge on any atom is -0.417 e. The maximum Gasteiger partial charge on any atom is 0.388 e. The number of hydrogen-bond donors (Lipinski definition) is 2. The van der Waals surface area contributed by atoms with E-state index in [1.807, 2.05) is 0 Å². The van der Waals surface area contributed by atoms with E-state index in [1.54, 1.807) is 13.0 Å². The number of carbonyl (C=O) groups excluding carboxylic acids is 1. The SMILES string of the molecule is C[C@H](NC(=O)NC1CC2(CCC2)C1)c1ccnc(OC(F)F)c1. The van der Waals surface area contributed by atoms with Gasteiger partial charge in [-0.25, -0.2) is 9.78 Å². The first-order valence-corrected chi connectivity index (χ1v) is 7.94. The third-order valence-corrected chi connectivity index (χ3v) is 4.92. The minimum atomic E-state index is -2.92. The summed E-state index contributed by atoms with van der Waals surface area (Å²) in [6, 6.07) is 2.76. The second-order valence-corrected chi connectivity index (χ2v) is 6.60. The predicted molar refractivity (Wildman–Crippen MR) is 80.3 cm³/mol. The van der Waals surface area contributed by atoms with Crippen LogP contribution in [0.5, 0.6) is 5.88 Å². The van der Waals surface area contributed by atoms with Crippen molar-refractivity contribution < 1.29 is 18.3 Å². The van der Waals surface area contributed by atoms with Crippen LogP contribution in [0.25, 0.3) is 0 Å². The summed E-state index contributed by atoms with van der Waals surface area (Å²) in [4.78, 5) is 15.7. The van der Waals surface area contributed by atoms with E-state index in [4.69, 9.17) is 0 Å². The van der Waals surface area contributed by atoms with E-state index < -0.39 is 6.61 Å². The highest BCUT2D eigenvalue weighted by Gasteiger charge is 2.48. The summed E-state index contributed by atoms with van der Waals surface area (Å²) in [5, 5.41) is 5.79. The molecule has 3 rings (SSSR count). The van der Waals surface area contributed by atoms with E-state index in [9.17, 15) is 13.6 Å². The molecule has 2 saturated carbocycles. The van der Waals surface area contributed by atoms with Gasteiger partial charge in [-0.1, -0.05) is 6.42 Å². The molecule has 7 heteroatoms. The van der Waals surface area contributed by atoms with Gasteiger partial charge in [-0.15, -0.1) is 0 Å². The summed E-state index contributed by atoms with van der Waals surface area (Å²) in [5.41, 5.74) is 1.17. The van der Waals surface area contributed by atoms with Crippen LogP contribution in [0.3, 0.4) is 0 Å². The first-order valence-electron chi connectivity index (χ1n) is 7.94. The van der Waals surface area contributed by atoms with Gasteiger partial charge in [-0.2, -0.15) is 8.78 Å². The molecule has 2 amide bonds. The van der Waals surface area contributed by atoms with Crippen molar-refractivity contribution in [2.24, 2.45) is 5.41 Å². The quantitative estimate of drug-likeness (QED) is 0.872. The Morgan fingerprint density at radius 2 is 2.17 bits per heavy atom. The van der Waals surface area contributed by atoms with E-state index in [0.717, 1.165) is 12.8 Å². The van der Waals surface area contributed by atoms with Gasteiger partial charge >= 0.3 is 12.6 Å². The minimum absolute atomic E-state index is 0.155. The molecule has 0 unspecified atom stereocenters. The lowest BCUT2D eigenvalue weighted by Crippen LogP contribution is -2.55. The Morgan fingerprint density at radius 1 is 1.43 bits per heavy atom. The number of carbonyl (C=O) groups is 1. The van der Waals surface area contributed by atoms with E-state index in [2.05, 4.69) is 20.4 Å². The second-order valence-electron chi connectivity index (χ2n) is 6.60. The molecule has 0 radical (unpaired) electrons. The molecule has 126 valence electrons. The Hall–Kier alpha value is -1.92. The summed E-state index contributed by atoms with van der Waals surface area (Å²) in [6.07, 6.45) is 7.39. The van der Waals surface area contributed by atoms with E-state index in [0.29, 0.717) is 11.0 Å². The fraction of sp³-hybridized carbons (Fsp3) is 0.625. The zero-order chi connectivity index (χ0) is 16.4. The summed E-state index contributed by atoms with van der Waals surface area (Å²) in [5.74, 6) is -0.155. The van der Waals surface area contributed by atoms with Gasteiger partial charge in [0, 0.05) is 18.3 Å². The van der Waals surface area contributed by atoms with Gasteiger partial charge < -0.3 is 15.4 Å². The van der Waals surface area contributed by atoms with Crippen molar-refractivity contribution in [3.8, 4) is 5.88 Å². The van der Waals surface area contributed by atoms with Crippen molar-refractivity contribution in [3.63, 3.8) is 0 Å². The topological polar surface area (TPSA) is 63.2 Å². The number of amides is 2. The van der Waals surface area contributed by atoms with Crippen LogP contribution < -0.4 is 15.4 Å². The number of aromatic nitrogens is 1. The molecule has 1 atom stereocenters. The monoisotopic (exact) mass is 325 g/mol. The molecule has 1 spiro atoms. The number of rotatable bonds is 5. The van der Waals surface area contributed by atoms with E-state index >= 15 is 0 Å². The normalized spacial score (nSPS) is 20.5. The van der Waals surface area contributed by atoms with Gasteiger partial charge in [0.05, 0.1) is 6.04 Å².